The van der Waals surface area contributed by atoms with Gasteiger partial charge in [-0.25, -0.2) is 13.1 Å². The highest BCUT2D eigenvalue weighted by atomic mass is 32.2. The van der Waals surface area contributed by atoms with Crippen molar-refractivity contribution in [2.75, 3.05) is 0 Å². The van der Waals surface area contributed by atoms with Crippen molar-refractivity contribution in [3.05, 3.63) is 71.0 Å². The van der Waals surface area contributed by atoms with Gasteiger partial charge in [0.05, 0.1) is 4.90 Å². The Balaban J connectivity index is 1.91. The second-order valence-electron chi connectivity index (χ2n) is 6.56. The first-order valence-electron chi connectivity index (χ1n) is 8.82. The van der Waals surface area contributed by atoms with E-state index in [1.165, 1.54) is 12.1 Å². The lowest BCUT2D eigenvalue weighted by Crippen LogP contribution is -2.24. The molecule has 9 heteroatoms. The second kappa shape index (κ2) is 8.00. The van der Waals surface area contributed by atoms with Gasteiger partial charge >= 0.3 is 6.18 Å². The Hall–Kier alpha value is -2.65. The first-order valence-corrected chi connectivity index (χ1v) is 10.3. The molecular formula is C20H19F3N2O3S. The van der Waals surface area contributed by atoms with Crippen LogP contribution >= 0.6 is 0 Å². The summed E-state index contributed by atoms with van der Waals surface area (Å²) in [5.41, 5.74) is 2.53. The number of benzene rings is 2. The minimum absolute atomic E-state index is 0.00108. The molecule has 154 valence electrons. The quantitative estimate of drug-likeness (QED) is 0.622. The third-order valence-corrected chi connectivity index (χ3v) is 5.89. The third kappa shape index (κ3) is 4.86. The van der Waals surface area contributed by atoms with E-state index in [0.717, 1.165) is 17.2 Å². The van der Waals surface area contributed by atoms with Crippen LogP contribution < -0.4 is 4.72 Å². The Morgan fingerprint density at radius 3 is 2.34 bits per heavy atom. The topological polar surface area (TPSA) is 72.2 Å². The van der Waals surface area contributed by atoms with E-state index in [0.29, 0.717) is 12.0 Å². The van der Waals surface area contributed by atoms with Gasteiger partial charge < -0.3 is 4.52 Å². The average molecular weight is 424 g/mol. The second-order valence-corrected chi connectivity index (χ2v) is 8.30. The first-order chi connectivity index (χ1) is 13.6. The molecule has 0 radical (unpaired) electrons. The molecule has 1 aromatic heterocycles. The largest absolute Gasteiger partial charge is 0.452 e. The maximum Gasteiger partial charge on any atom is 0.452 e. The summed E-state index contributed by atoms with van der Waals surface area (Å²) >= 11 is 0. The van der Waals surface area contributed by atoms with Crippen molar-refractivity contribution in [3.8, 4) is 11.3 Å². The van der Waals surface area contributed by atoms with Crippen LogP contribution in [0.15, 0.2) is 57.9 Å². The lowest BCUT2D eigenvalue weighted by molar-refractivity contribution is -0.155. The van der Waals surface area contributed by atoms with E-state index in [1.54, 1.807) is 13.0 Å². The molecule has 3 rings (SSSR count). The Kier molecular flexibility index (Phi) is 5.81. The number of alkyl halides is 3. The molecule has 0 aliphatic carbocycles. The highest BCUT2D eigenvalue weighted by Crippen LogP contribution is 2.33. The number of nitrogens with one attached hydrogen (secondary N) is 1. The average Bonchev–Trinajstić information content (AvgIpc) is 3.18. The van der Waals surface area contributed by atoms with Crippen LogP contribution in [0.25, 0.3) is 11.3 Å². The summed E-state index contributed by atoms with van der Waals surface area (Å²) in [7, 11) is -3.89. The normalized spacial score (nSPS) is 12.3. The minimum Gasteiger partial charge on any atom is -0.351 e. The molecule has 0 saturated carbocycles. The van der Waals surface area contributed by atoms with E-state index in [2.05, 4.69) is 14.4 Å². The SMILES string of the molecule is CCc1ccc(-c2cc(C(F)(F)F)on2)cc1S(=O)(=O)NCc1ccc(C)cc1. The fourth-order valence-corrected chi connectivity index (χ4v) is 4.11. The van der Waals surface area contributed by atoms with Crippen LogP contribution in [0.1, 0.15) is 29.4 Å². The van der Waals surface area contributed by atoms with Gasteiger partial charge in [0.15, 0.2) is 0 Å². The van der Waals surface area contributed by atoms with Gasteiger partial charge in [-0.3, -0.25) is 0 Å². The van der Waals surface area contributed by atoms with Crippen LogP contribution in [0.3, 0.4) is 0 Å². The molecule has 0 saturated heterocycles. The molecule has 3 aromatic rings. The van der Waals surface area contributed by atoms with Crippen LogP contribution in [0.5, 0.6) is 0 Å². The number of aromatic nitrogens is 1. The summed E-state index contributed by atoms with van der Waals surface area (Å²) in [5.74, 6) is -1.24. The van der Waals surface area contributed by atoms with Crippen LogP contribution in [-0.2, 0) is 29.2 Å². The number of aryl methyl sites for hydroxylation is 2. The molecule has 0 bridgehead atoms. The van der Waals surface area contributed by atoms with Gasteiger partial charge in [0, 0.05) is 18.2 Å². The smallest absolute Gasteiger partial charge is 0.351 e. The van der Waals surface area contributed by atoms with E-state index in [9.17, 15) is 21.6 Å². The monoisotopic (exact) mass is 424 g/mol. The highest BCUT2D eigenvalue weighted by Gasteiger charge is 2.36. The zero-order valence-electron chi connectivity index (χ0n) is 15.7. The summed E-state index contributed by atoms with van der Waals surface area (Å²) in [6.45, 7) is 3.82. The van der Waals surface area contributed by atoms with Crippen molar-refractivity contribution in [2.45, 2.75) is 37.9 Å². The van der Waals surface area contributed by atoms with Crippen molar-refractivity contribution in [1.29, 1.82) is 0 Å². The summed E-state index contributed by atoms with van der Waals surface area (Å²) in [6, 6.07) is 12.6. The molecule has 1 N–H and O–H groups in total. The predicted octanol–water partition coefficient (Wildman–Crippen LogP) is 4.71. The Morgan fingerprint density at radius 1 is 1.07 bits per heavy atom. The Labute approximate surface area is 166 Å². The zero-order valence-corrected chi connectivity index (χ0v) is 16.6. The number of nitrogens with zero attached hydrogens (tertiary/aromatic N) is 1. The molecule has 0 aliphatic rings. The number of hydrogen-bond donors (Lipinski definition) is 1. The maximum atomic E-state index is 12.9. The molecule has 1 heterocycles. The molecule has 0 aliphatic heterocycles. The van der Waals surface area contributed by atoms with Crippen molar-refractivity contribution in [1.82, 2.24) is 9.88 Å². The number of halogens is 3. The van der Waals surface area contributed by atoms with Crippen LogP contribution in [0.4, 0.5) is 13.2 Å². The first kappa shape index (κ1) is 21.1. The van der Waals surface area contributed by atoms with Crippen molar-refractivity contribution in [2.24, 2.45) is 0 Å². The lowest BCUT2D eigenvalue weighted by Gasteiger charge is -2.12. The van der Waals surface area contributed by atoms with Gasteiger partial charge in [-0.1, -0.05) is 54.0 Å². The van der Waals surface area contributed by atoms with Crippen molar-refractivity contribution < 1.29 is 26.1 Å². The van der Waals surface area contributed by atoms with Gasteiger partial charge in [0.2, 0.25) is 15.8 Å². The summed E-state index contributed by atoms with van der Waals surface area (Å²) < 4.78 is 70.9. The standard InChI is InChI=1S/C20H19F3N2O3S/c1-3-15-8-9-16(17-11-19(28-25-17)20(21,22)23)10-18(15)29(26,27)24-12-14-6-4-13(2)5-7-14/h4-11,24H,3,12H2,1-2H3. The Bertz CT molecular complexity index is 1100. The van der Waals surface area contributed by atoms with Gasteiger partial charge in [-0.2, -0.15) is 13.2 Å². The summed E-state index contributed by atoms with van der Waals surface area (Å²) in [4.78, 5) is 0.00108. The van der Waals surface area contributed by atoms with Crippen LogP contribution in [0, 0.1) is 6.92 Å². The Morgan fingerprint density at radius 2 is 1.76 bits per heavy atom. The van der Waals surface area contributed by atoms with E-state index in [4.69, 9.17) is 0 Å². The molecule has 0 amide bonds. The number of hydrogen-bond acceptors (Lipinski definition) is 4. The van der Waals surface area contributed by atoms with Crippen molar-refractivity contribution >= 4 is 10.0 Å². The van der Waals surface area contributed by atoms with Gasteiger partial charge in [-0.15, -0.1) is 0 Å². The van der Waals surface area contributed by atoms with Crippen LogP contribution in [-0.4, -0.2) is 13.6 Å². The molecule has 0 spiro atoms. The number of rotatable bonds is 6. The fourth-order valence-electron chi connectivity index (χ4n) is 2.76. The van der Waals surface area contributed by atoms with Crippen molar-refractivity contribution in [3.63, 3.8) is 0 Å². The van der Waals surface area contributed by atoms with E-state index in [-0.39, 0.29) is 22.7 Å². The number of sulfonamides is 1. The molecule has 5 nitrogen and oxygen atoms in total. The summed E-state index contributed by atoms with van der Waals surface area (Å²) in [5, 5.41) is 3.42. The van der Waals surface area contributed by atoms with Gasteiger partial charge in [0.25, 0.3) is 0 Å². The predicted molar refractivity (Wildman–Crippen MR) is 102 cm³/mol. The van der Waals surface area contributed by atoms with E-state index < -0.39 is 22.0 Å². The fraction of sp³-hybridized carbons (Fsp3) is 0.250. The van der Waals surface area contributed by atoms with E-state index >= 15 is 0 Å². The zero-order chi connectivity index (χ0) is 21.2. The lowest BCUT2D eigenvalue weighted by atomic mass is 10.1. The summed E-state index contributed by atoms with van der Waals surface area (Å²) in [6.07, 6.45) is -4.23. The third-order valence-electron chi connectivity index (χ3n) is 4.41. The molecule has 0 fully saturated rings. The van der Waals surface area contributed by atoms with Crippen LogP contribution in [0.2, 0.25) is 0 Å². The molecule has 0 unspecified atom stereocenters. The van der Waals surface area contributed by atoms with Gasteiger partial charge in [-0.05, 0) is 30.5 Å². The van der Waals surface area contributed by atoms with E-state index in [1.807, 2.05) is 31.2 Å². The molecular weight excluding hydrogens is 405 g/mol. The molecule has 29 heavy (non-hydrogen) atoms. The maximum absolute atomic E-state index is 12.9. The van der Waals surface area contributed by atoms with Gasteiger partial charge in [0.1, 0.15) is 5.69 Å². The molecule has 0 atom stereocenters. The highest BCUT2D eigenvalue weighted by molar-refractivity contribution is 7.89. The minimum atomic E-state index is -4.67. The molecule has 2 aromatic carbocycles.